The van der Waals surface area contributed by atoms with Crippen molar-refractivity contribution < 1.29 is 14.3 Å². The van der Waals surface area contributed by atoms with Crippen LogP contribution in [0.3, 0.4) is 0 Å². The Kier molecular flexibility index (Phi) is 8.09. The molecule has 1 aromatic rings. The molecule has 0 bridgehead atoms. The summed E-state index contributed by atoms with van der Waals surface area (Å²) in [4.78, 5) is 12.0. The molecule has 0 heterocycles. The van der Waals surface area contributed by atoms with Crippen molar-refractivity contribution in [1.82, 2.24) is 5.32 Å². The third-order valence-electron chi connectivity index (χ3n) is 3.18. The molecule has 5 heteroatoms. The van der Waals surface area contributed by atoms with E-state index in [0.717, 1.165) is 0 Å². The molecule has 0 aliphatic rings. The average molecular weight is 308 g/mol. The SMILES string of the molecule is CC(C)(C)c1ccc(C(=O)NCCOCCOCCN)cc1. The van der Waals surface area contributed by atoms with Gasteiger partial charge in [-0.3, -0.25) is 4.79 Å². The Bertz CT molecular complexity index is 438. The molecule has 0 saturated carbocycles. The van der Waals surface area contributed by atoms with E-state index in [4.69, 9.17) is 15.2 Å². The molecule has 1 rings (SSSR count). The van der Waals surface area contributed by atoms with E-state index < -0.39 is 0 Å². The first-order valence-electron chi connectivity index (χ1n) is 7.69. The van der Waals surface area contributed by atoms with Crippen LogP contribution < -0.4 is 11.1 Å². The van der Waals surface area contributed by atoms with Gasteiger partial charge in [-0.15, -0.1) is 0 Å². The summed E-state index contributed by atoms with van der Waals surface area (Å²) in [6.07, 6.45) is 0. The van der Waals surface area contributed by atoms with Crippen LogP contribution in [-0.2, 0) is 14.9 Å². The monoisotopic (exact) mass is 308 g/mol. The fraction of sp³-hybridized carbons (Fsp3) is 0.588. The van der Waals surface area contributed by atoms with Crippen LogP contribution in [0.1, 0.15) is 36.7 Å². The van der Waals surface area contributed by atoms with Crippen LogP contribution in [0.25, 0.3) is 0 Å². The first-order valence-corrected chi connectivity index (χ1v) is 7.69. The molecule has 1 amide bonds. The number of ether oxygens (including phenoxy) is 2. The molecule has 1 aromatic carbocycles. The number of amides is 1. The smallest absolute Gasteiger partial charge is 0.251 e. The van der Waals surface area contributed by atoms with E-state index in [2.05, 4.69) is 26.1 Å². The zero-order chi connectivity index (χ0) is 16.4. The minimum absolute atomic E-state index is 0.0801. The van der Waals surface area contributed by atoms with Gasteiger partial charge in [0.15, 0.2) is 0 Å². The van der Waals surface area contributed by atoms with Crippen LogP contribution in [-0.4, -0.2) is 45.4 Å². The summed E-state index contributed by atoms with van der Waals surface area (Å²) >= 11 is 0. The van der Waals surface area contributed by atoms with Gasteiger partial charge in [-0.2, -0.15) is 0 Å². The molecule has 0 unspecified atom stereocenters. The lowest BCUT2D eigenvalue weighted by Crippen LogP contribution is -2.27. The largest absolute Gasteiger partial charge is 0.378 e. The topological polar surface area (TPSA) is 73.6 Å². The molecule has 22 heavy (non-hydrogen) atoms. The fourth-order valence-electron chi connectivity index (χ4n) is 1.87. The quantitative estimate of drug-likeness (QED) is 0.681. The molecule has 0 spiro atoms. The summed E-state index contributed by atoms with van der Waals surface area (Å²) in [5.74, 6) is -0.0801. The number of carbonyl (C=O) groups excluding carboxylic acids is 1. The standard InChI is InChI=1S/C17H28N2O3/c1-17(2,3)15-6-4-14(5-7-15)16(20)19-9-11-22-13-12-21-10-8-18/h4-7H,8-13,18H2,1-3H3,(H,19,20). The van der Waals surface area contributed by atoms with Gasteiger partial charge in [0.2, 0.25) is 0 Å². The highest BCUT2D eigenvalue weighted by Gasteiger charge is 2.14. The van der Waals surface area contributed by atoms with Crippen LogP contribution in [0.5, 0.6) is 0 Å². The summed E-state index contributed by atoms with van der Waals surface area (Å²) in [5, 5.41) is 2.83. The zero-order valence-electron chi connectivity index (χ0n) is 13.9. The van der Waals surface area contributed by atoms with Gasteiger partial charge >= 0.3 is 0 Å². The third-order valence-corrected chi connectivity index (χ3v) is 3.18. The number of nitrogens with two attached hydrogens (primary N) is 1. The van der Waals surface area contributed by atoms with E-state index in [1.165, 1.54) is 5.56 Å². The number of rotatable bonds is 9. The van der Waals surface area contributed by atoms with E-state index in [9.17, 15) is 4.79 Å². The van der Waals surface area contributed by atoms with Gasteiger partial charge in [0.05, 0.1) is 26.4 Å². The predicted octanol–water partition coefficient (Wildman–Crippen LogP) is 1.71. The Morgan fingerprint density at radius 1 is 1.05 bits per heavy atom. The molecule has 124 valence electrons. The van der Waals surface area contributed by atoms with Gasteiger partial charge < -0.3 is 20.5 Å². The minimum atomic E-state index is -0.0801. The van der Waals surface area contributed by atoms with E-state index in [1.54, 1.807) is 0 Å². The second-order valence-corrected chi connectivity index (χ2v) is 6.10. The molecule has 0 saturated heterocycles. The highest BCUT2D eigenvalue weighted by molar-refractivity contribution is 5.94. The summed E-state index contributed by atoms with van der Waals surface area (Å²) in [6, 6.07) is 7.72. The molecule has 0 atom stereocenters. The molecule has 0 aromatic heterocycles. The van der Waals surface area contributed by atoms with Crippen LogP contribution in [0.2, 0.25) is 0 Å². The molecule has 0 aliphatic carbocycles. The Morgan fingerprint density at radius 3 is 2.18 bits per heavy atom. The number of nitrogens with one attached hydrogen (secondary N) is 1. The Labute approximate surface area is 133 Å². The second kappa shape index (κ2) is 9.56. The van der Waals surface area contributed by atoms with Crippen molar-refractivity contribution >= 4 is 5.91 Å². The number of hydrogen-bond acceptors (Lipinski definition) is 4. The highest BCUT2D eigenvalue weighted by Crippen LogP contribution is 2.22. The molecular formula is C17H28N2O3. The first-order chi connectivity index (χ1) is 10.4. The van der Waals surface area contributed by atoms with Crippen molar-refractivity contribution in [2.45, 2.75) is 26.2 Å². The minimum Gasteiger partial charge on any atom is -0.378 e. The van der Waals surface area contributed by atoms with Crippen molar-refractivity contribution in [2.75, 3.05) is 39.5 Å². The summed E-state index contributed by atoms with van der Waals surface area (Å²) < 4.78 is 10.5. The third kappa shape index (κ3) is 7.02. The van der Waals surface area contributed by atoms with Crippen LogP contribution in [0, 0.1) is 0 Å². The molecule has 3 N–H and O–H groups in total. The van der Waals surface area contributed by atoms with Crippen molar-refractivity contribution in [3.63, 3.8) is 0 Å². The molecule has 0 fully saturated rings. The maximum absolute atomic E-state index is 12.0. The summed E-state index contributed by atoms with van der Waals surface area (Å²) in [5.41, 5.74) is 7.27. The van der Waals surface area contributed by atoms with Crippen LogP contribution >= 0.6 is 0 Å². The molecular weight excluding hydrogens is 280 g/mol. The Hall–Kier alpha value is -1.43. The Morgan fingerprint density at radius 2 is 1.64 bits per heavy atom. The van der Waals surface area contributed by atoms with Gasteiger partial charge in [-0.1, -0.05) is 32.9 Å². The maximum atomic E-state index is 12.0. The molecule has 5 nitrogen and oxygen atoms in total. The molecule has 0 radical (unpaired) electrons. The first kappa shape index (κ1) is 18.6. The number of benzene rings is 1. The van der Waals surface area contributed by atoms with E-state index in [-0.39, 0.29) is 11.3 Å². The number of carbonyl (C=O) groups is 1. The lowest BCUT2D eigenvalue weighted by molar-refractivity contribution is 0.0511. The lowest BCUT2D eigenvalue weighted by atomic mass is 9.87. The molecule has 0 aliphatic heterocycles. The van der Waals surface area contributed by atoms with Gasteiger partial charge in [0.1, 0.15) is 0 Å². The predicted molar refractivity (Wildman–Crippen MR) is 88.2 cm³/mol. The van der Waals surface area contributed by atoms with E-state index in [0.29, 0.717) is 45.1 Å². The van der Waals surface area contributed by atoms with Gasteiger partial charge in [-0.05, 0) is 23.1 Å². The number of hydrogen-bond donors (Lipinski definition) is 2. The van der Waals surface area contributed by atoms with Gasteiger partial charge in [0.25, 0.3) is 5.91 Å². The Balaban J connectivity index is 2.23. The summed E-state index contributed by atoms with van der Waals surface area (Å²) in [6.45, 7) is 9.50. The van der Waals surface area contributed by atoms with Crippen molar-refractivity contribution in [3.8, 4) is 0 Å². The van der Waals surface area contributed by atoms with Crippen molar-refractivity contribution in [2.24, 2.45) is 5.73 Å². The maximum Gasteiger partial charge on any atom is 0.251 e. The highest BCUT2D eigenvalue weighted by atomic mass is 16.5. The second-order valence-electron chi connectivity index (χ2n) is 6.10. The summed E-state index contributed by atoms with van der Waals surface area (Å²) in [7, 11) is 0. The van der Waals surface area contributed by atoms with E-state index in [1.807, 2.05) is 24.3 Å². The lowest BCUT2D eigenvalue weighted by Gasteiger charge is -2.19. The fourth-order valence-corrected chi connectivity index (χ4v) is 1.87. The average Bonchev–Trinajstić information content (AvgIpc) is 2.49. The van der Waals surface area contributed by atoms with Gasteiger partial charge in [-0.25, -0.2) is 0 Å². The zero-order valence-corrected chi connectivity index (χ0v) is 13.9. The van der Waals surface area contributed by atoms with Crippen molar-refractivity contribution in [1.29, 1.82) is 0 Å². The normalized spacial score (nSPS) is 11.5. The van der Waals surface area contributed by atoms with Crippen molar-refractivity contribution in [3.05, 3.63) is 35.4 Å². The van der Waals surface area contributed by atoms with Crippen LogP contribution in [0.15, 0.2) is 24.3 Å². The van der Waals surface area contributed by atoms with Crippen LogP contribution in [0.4, 0.5) is 0 Å². The van der Waals surface area contributed by atoms with E-state index >= 15 is 0 Å². The van der Waals surface area contributed by atoms with Gasteiger partial charge in [0, 0.05) is 18.7 Å².